The number of aromatic nitrogens is 1. The van der Waals surface area contributed by atoms with Crippen LogP contribution in [-0.2, 0) is 10.5 Å². The molecule has 0 aliphatic carbocycles. The van der Waals surface area contributed by atoms with Crippen molar-refractivity contribution in [1.82, 2.24) is 5.16 Å². The van der Waals surface area contributed by atoms with E-state index in [1.165, 1.54) is 0 Å². The van der Waals surface area contributed by atoms with Crippen molar-refractivity contribution in [3.05, 3.63) is 29.3 Å². The van der Waals surface area contributed by atoms with Crippen LogP contribution in [0.3, 0.4) is 0 Å². The molecule has 2 rings (SSSR count). The topological polar surface area (TPSA) is 63.3 Å². The highest BCUT2D eigenvalue weighted by atomic mass is 32.2. The molecule has 1 N–H and O–H groups in total. The SMILES string of the molecule is O=C(O)CCSCc1cc(-c2cccs2)on1. The zero-order chi connectivity index (χ0) is 12.1. The van der Waals surface area contributed by atoms with Gasteiger partial charge in [-0.2, -0.15) is 11.8 Å². The molecule has 2 aromatic heterocycles. The molecule has 0 bridgehead atoms. The van der Waals surface area contributed by atoms with Gasteiger partial charge in [-0.15, -0.1) is 11.3 Å². The Balaban J connectivity index is 1.84. The van der Waals surface area contributed by atoms with Gasteiger partial charge in [-0.3, -0.25) is 4.79 Å². The number of aliphatic carboxylic acids is 1. The number of carboxylic acids is 1. The average molecular weight is 269 g/mol. The number of carbonyl (C=O) groups is 1. The number of thiophene rings is 1. The number of rotatable bonds is 6. The van der Waals surface area contributed by atoms with Gasteiger partial charge in [0.15, 0.2) is 5.76 Å². The molecular weight excluding hydrogens is 258 g/mol. The van der Waals surface area contributed by atoms with Crippen LogP contribution < -0.4 is 0 Å². The Hall–Kier alpha value is -1.27. The van der Waals surface area contributed by atoms with E-state index >= 15 is 0 Å². The summed E-state index contributed by atoms with van der Waals surface area (Å²) in [5, 5.41) is 14.4. The summed E-state index contributed by atoms with van der Waals surface area (Å²) < 4.78 is 5.22. The number of thioether (sulfide) groups is 1. The van der Waals surface area contributed by atoms with E-state index in [0.29, 0.717) is 11.5 Å². The first-order chi connectivity index (χ1) is 8.25. The molecule has 2 aromatic rings. The lowest BCUT2D eigenvalue weighted by Crippen LogP contribution is -1.96. The normalized spacial score (nSPS) is 10.6. The smallest absolute Gasteiger partial charge is 0.304 e. The maximum atomic E-state index is 10.3. The van der Waals surface area contributed by atoms with E-state index in [4.69, 9.17) is 9.63 Å². The second kappa shape index (κ2) is 5.88. The quantitative estimate of drug-likeness (QED) is 0.816. The van der Waals surface area contributed by atoms with Crippen molar-refractivity contribution in [2.45, 2.75) is 12.2 Å². The Labute approximate surface area is 107 Å². The van der Waals surface area contributed by atoms with Crippen molar-refractivity contribution in [1.29, 1.82) is 0 Å². The first-order valence-corrected chi connectivity index (χ1v) is 7.08. The van der Waals surface area contributed by atoms with E-state index in [1.807, 2.05) is 23.6 Å². The third-order valence-electron chi connectivity index (χ3n) is 2.03. The monoisotopic (exact) mass is 269 g/mol. The Morgan fingerprint density at radius 1 is 1.59 bits per heavy atom. The highest BCUT2D eigenvalue weighted by Gasteiger charge is 2.07. The van der Waals surface area contributed by atoms with Crippen LogP contribution in [0.5, 0.6) is 0 Å². The second-order valence-electron chi connectivity index (χ2n) is 3.36. The molecule has 0 fully saturated rings. The number of carboxylic acid groups (broad SMARTS) is 1. The lowest BCUT2D eigenvalue weighted by Gasteiger charge is -1.94. The predicted octanol–water partition coefficient (Wildman–Crippen LogP) is 3.11. The fourth-order valence-corrected chi connectivity index (χ4v) is 2.73. The summed E-state index contributed by atoms with van der Waals surface area (Å²) in [6, 6.07) is 5.84. The Kier molecular flexibility index (Phi) is 4.22. The van der Waals surface area contributed by atoms with Crippen LogP contribution in [0.4, 0.5) is 0 Å². The molecule has 6 heteroatoms. The highest BCUT2D eigenvalue weighted by Crippen LogP contribution is 2.26. The first-order valence-electron chi connectivity index (χ1n) is 5.05. The van der Waals surface area contributed by atoms with Gasteiger partial charge < -0.3 is 9.63 Å². The molecule has 0 saturated carbocycles. The Morgan fingerprint density at radius 2 is 2.47 bits per heavy atom. The molecule has 0 aliphatic heterocycles. The van der Waals surface area contributed by atoms with Crippen molar-refractivity contribution in [2.24, 2.45) is 0 Å². The Morgan fingerprint density at radius 3 is 3.18 bits per heavy atom. The van der Waals surface area contributed by atoms with Gasteiger partial charge in [0.1, 0.15) is 0 Å². The van der Waals surface area contributed by atoms with Gasteiger partial charge in [-0.05, 0) is 11.4 Å². The molecule has 0 radical (unpaired) electrons. The number of nitrogens with zero attached hydrogens (tertiary/aromatic N) is 1. The van der Waals surface area contributed by atoms with Gasteiger partial charge in [0.25, 0.3) is 0 Å². The fraction of sp³-hybridized carbons (Fsp3) is 0.273. The molecule has 0 spiro atoms. The lowest BCUT2D eigenvalue weighted by molar-refractivity contribution is -0.136. The summed E-state index contributed by atoms with van der Waals surface area (Å²) in [5.41, 5.74) is 0.851. The minimum absolute atomic E-state index is 0.181. The van der Waals surface area contributed by atoms with Gasteiger partial charge >= 0.3 is 5.97 Å². The zero-order valence-corrected chi connectivity index (χ0v) is 10.6. The molecule has 90 valence electrons. The molecule has 17 heavy (non-hydrogen) atoms. The largest absolute Gasteiger partial charge is 0.481 e. The van der Waals surface area contributed by atoms with E-state index in [1.54, 1.807) is 23.1 Å². The number of hydrogen-bond acceptors (Lipinski definition) is 5. The zero-order valence-electron chi connectivity index (χ0n) is 8.96. The van der Waals surface area contributed by atoms with E-state index in [-0.39, 0.29) is 6.42 Å². The summed E-state index contributed by atoms with van der Waals surface area (Å²) in [5.74, 6) is 1.28. The van der Waals surface area contributed by atoms with Gasteiger partial charge in [-0.25, -0.2) is 0 Å². The van der Waals surface area contributed by atoms with Crippen molar-refractivity contribution < 1.29 is 14.4 Å². The Bertz CT molecular complexity index is 479. The van der Waals surface area contributed by atoms with Crippen molar-refractivity contribution in [3.63, 3.8) is 0 Å². The van der Waals surface area contributed by atoms with E-state index in [9.17, 15) is 4.79 Å². The standard InChI is InChI=1S/C11H11NO3S2/c13-11(14)3-5-16-7-8-6-9(15-12-8)10-2-1-4-17-10/h1-2,4,6H,3,5,7H2,(H,13,14). The predicted molar refractivity (Wildman–Crippen MR) is 68.2 cm³/mol. The molecule has 0 amide bonds. The minimum atomic E-state index is -0.767. The van der Waals surface area contributed by atoms with Crippen molar-refractivity contribution in [2.75, 3.05) is 5.75 Å². The van der Waals surface area contributed by atoms with Crippen LogP contribution in [0.15, 0.2) is 28.1 Å². The average Bonchev–Trinajstić information content (AvgIpc) is 2.94. The molecule has 0 atom stereocenters. The molecule has 0 aromatic carbocycles. The maximum Gasteiger partial charge on any atom is 0.304 e. The summed E-state index contributed by atoms with van der Waals surface area (Å²) in [7, 11) is 0. The van der Waals surface area contributed by atoms with E-state index < -0.39 is 5.97 Å². The summed E-state index contributed by atoms with van der Waals surface area (Å²) in [4.78, 5) is 11.4. The minimum Gasteiger partial charge on any atom is -0.481 e. The third kappa shape index (κ3) is 3.61. The lowest BCUT2D eigenvalue weighted by atomic mass is 10.3. The number of hydrogen-bond donors (Lipinski definition) is 1. The van der Waals surface area contributed by atoms with Crippen molar-refractivity contribution in [3.8, 4) is 10.6 Å². The maximum absolute atomic E-state index is 10.3. The van der Waals surface area contributed by atoms with Crippen LogP contribution in [-0.4, -0.2) is 22.0 Å². The van der Waals surface area contributed by atoms with Crippen molar-refractivity contribution >= 4 is 29.1 Å². The van der Waals surface area contributed by atoms with Crippen LogP contribution in [0.1, 0.15) is 12.1 Å². The molecule has 2 heterocycles. The van der Waals surface area contributed by atoms with Crippen LogP contribution in [0.2, 0.25) is 0 Å². The van der Waals surface area contributed by atoms with Gasteiger partial charge in [-0.1, -0.05) is 11.2 Å². The van der Waals surface area contributed by atoms with Gasteiger partial charge in [0.05, 0.1) is 17.0 Å². The molecule has 4 nitrogen and oxygen atoms in total. The molecule has 0 aliphatic rings. The summed E-state index contributed by atoms with van der Waals surface area (Å²) in [6.45, 7) is 0. The third-order valence-corrected chi connectivity index (χ3v) is 3.91. The second-order valence-corrected chi connectivity index (χ2v) is 5.41. The molecule has 0 unspecified atom stereocenters. The van der Waals surface area contributed by atoms with Crippen LogP contribution >= 0.6 is 23.1 Å². The first kappa shape index (κ1) is 12.2. The summed E-state index contributed by atoms with van der Waals surface area (Å²) >= 11 is 3.15. The van der Waals surface area contributed by atoms with E-state index in [0.717, 1.165) is 16.3 Å². The molecular formula is C11H11NO3S2. The van der Waals surface area contributed by atoms with Crippen LogP contribution in [0.25, 0.3) is 10.6 Å². The fourth-order valence-electron chi connectivity index (χ4n) is 1.25. The van der Waals surface area contributed by atoms with Crippen LogP contribution in [0, 0.1) is 0 Å². The summed E-state index contributed by atoms with van der Waals surface area (Å²) in [6.07, 6.45) is 0.181. The molecule has 0 saturated heterocycles. The highest BCUT2D eigenvalue weighted by molar-refractivity contribution is 7.98. The van der Waals surface area contributed by atoms with Gasteiger partial charge in [0.2, 0.25) is 0 Å². The van der Waals surface area contributed by atoms with Gasteiger partial charge in [0, 0.05) is 17.6 Å². The van der Waals surface area contributed by atoms with E-state index in [2.05, 4.69) is 5.16 Å².